The third-order valence-electron chi connectivity index (χ3n) is 4.00. The van der Waals surface area contributed by atoms with Gasteiger partial charge in [0.15, 0.2) is 0 Å². The van der Waals surface area contributed by atoms with Crippen LogP contribution in [0.4, 0.5) is 0 Å². The molecular formula is C18H15N2Se+. The molecule has 4 rings (SSSR count). The van der Waals surface area contributed by atoms with Gasteiger partial charge in [-0.25, -0.2) is 0 Å². The Hall–Kier alpha value is -1.96. The van der Waals surface area contributed by atoms with Gasteiger partial charge < -0.3 is 0 Å². The van der Waals surface area contributed by atoms with E-state index < -0.39 is 0 Å². The second-order valence-corrected chi connectivity index (χ2v) is 7.22. The molecule has 0 saturated heterocycles. The van der Waals surface area contributed by atoms with Crippen molar-refractivity contribution in [1.82, 2.24) is 5.10 Å². The van der Waals surface area contributed by atoms with Crippen LogP contribution in [0.3, 0.4) is 0 Å². The molecule has 3 heteroatoms. The van der Waals surface area contributed by atoms with Crippen LogP contribution < -0.4 is 4.68 Å². The average molecular weight is 338 g/mol. The molecule has 21 heavy (non-hydrogen) atoms. The zero-order chi connectivity index (χ0) is 14.4. The molecule has 0 N–H and O–H groups in total. The van der Waals surface area contributed by atoms with Crippen molar-refractivity contribution in [1.29, 1.82) is 0 Å². The molecule has 0 unspecified atom stereocenters. The molecule has 0 atom stereocenters. The summed E-state index contributed by atoms with van der Waals surface area (Å²) in [5, 5.41) is 8.55. The number of fused-ring (bicyclic) bond motifs is 3. The Morgan fingerprint density at radius 3 is 2.71 bits per heavy atom. The molecule has 2 aromatic heterocycles. The summed E-state index contributed by atoms with van der Waals surface area (Å²) in [6, 6.07) is 15.2. The Morgan fingerprint density at radius 2 is 1.86 bits per heavy atom. The predicted molar refractivity (Wildman–Crippen MR) is 87.5 cm³/mol. The van der Waals surface area contributed by atoms with Gasteiger partial charge in [0.2, 0.25) is 0 Å². The third-order valence-corrected chi connectivity index (χ3v) is 6.02. The van der Waals surface area contributed by atoms with Crippen LogP contribution in [0.15, 0.2) is 53.6 Å². The minimum atomic E-state index is 0.430. The molecule has 0 spiro atoms. The van der Waals surface area contributed by atoms with Crippen LogP contribution in [0.25, 0.3) is 31.7 Å². The molecule has 2 nitrogen and oxygen atoms in total. The molecule has 0 aliphatic carbocycles. The Kier molecular flexibility index (Phi) is 2.91. The van der Waals surface area contributed by atoms with E-state index in [1.54, 1.807) is 0 Å². The minimum absolute atomic E-state index is 0.430. The number of rotatable bonds is 1. The topological polar surface area (TPSA) is 16.8 Å². The molecule has 0 bridgehead atoms. The Balaban J connectivity index is 2.17. The molecule has 102 valence electrons. The van der Waals surface area contributed by atoms with Crippen LogP contribution in [0.5, 0.6) is 0 Å². The van der Waals surface area contributed by atoms with Crippen molar-refractivity contribution in [3.63, 3.8) is 0 Å². The molecule has 0 fully saturated rings. The first-order chi connectivity index (χ1) is 10.3. The Morgan fingerprint density at radius 1 is 1.00 bits per heavy atom. The number of hydrogen-bond acceptors (Lipinski definition) is 1. The van der Waals surface area contributed by atoms with Crippen LogP contribution in [-0.4, -0.2) is 19.6 Å². The van der Waals surface area contributed by atoms with Crippen molar-refractivity contribution in [3.05, 3.63) is 59.2 Å². The van der Waals surface area contributed by atoms with Crippen LogP contribution in [-0.2, 0) is 7.05 Å². The zero-order valence-electron chi connectivity index (χ0n) is 12.0. The first kappa shape index (κ1) is 12.8. The summed E-state index contributed by atoms with van der Waals surface area (Å²) in [7, 11) is 2.03. The van der Waals surface area contributed by atoms with E-state index >= 15 is 0 Å². The fraction of sp³-hybridized carbons (Fsp3) is 0.111. The molecule has 4 aromatic rings. The first-order valence-electron chi connectivity index (χ1n) is 6.97. The number of benzene rings is 2. The summed E-state index contributed by atoms with van der Waals surface area (Å²) in [4.78, 5) is 2.29. The van der Waals surface area contributed by atoms with Crippen LogP contribution >= 0.6 is 0 Å². The van der Waals surface area contributed by atoms with Crippen LogP contribution in [0.1, 0.15) is 5.56 Å². The van der Waals surface area contributed by atoms with Gasteiger partial charge in [-0.05, 0) is 0 Å². The maximum atomic E-state index is 4.60. The molecule has 0 radical (unpaired) electrons. The van der Waals surface area contributed by atoms with Gasteiger partial charge in [0.1, 0.15) is 0 Å². The van der Waals surface area contributed by atoms with Gasteiger partial charge in [0.05, 0.1) is 0 Å². The monoisotopic (exact) mass is 339 g/mol. The van der Waals surface area contributed by atoms with Gasteiger partial charge in [-0.2, -0.15) is 0 Å². The van der Waals surface area contributed by atoms with Crippen LogP contribution in [0, 0.1) is 6.92 Å². The number of hydrogen-bond donors (Lipinski definition) is 0. The summed E-state index contributed by atoms with van der Waals surface area (Å²) < 4.78 is 3.45. The van der Waals surface area contributed by atoms with E-state index in [-0.39, 0.29) is 0 Å². The van der Waals surface area contributed by atoms with E-state index in [0.717, 1.165) is 0 Å². The Bertz CT molecular complexity index is 969. The second kappa shape index (κ2) is 4.80. The molecular weight excluding hydrogens is 323 g/mol. The maximum absolute atomic E-state index is 4.60. The fourth-order valence-electron chi connectivity index (χ4n) is 2.92. The summed E-state index contributed by atoms with van der Waals surface area (Å²) in [6.45, 7) is 2.16. The molecule has 0 saturated carbocycles. The third kappa shape index (κ3) is 1.93. The van der Waals surface area contributed by atoms with Crippen molar-refractivity contribution in [2.24, 2.45) is 7.05 Å². The number of nitrogens with zero attached hydrogens (tertiary/aromatic N) is 2. The summed E-state index contributed by atoms with van der Waals surface area (Å²) >= 11 is 0.430. The van der Waals surface area contributed by atoms with Crippen molar-refractivity contribution >= 4 is 34.9 Å². The number of aromatic nitrogens is 2. The van der Waals surface area contributed by atoms with Crippen molar-refractivity contribution in [3.8, 4) is 11.3 Å². The molecule has 0 aliphatic rings. The van der Waals surface area contributed by atoms with E-state index in [4.69, 9.17) is 0 Å². The van der Waals surface area contributed by atoms with Crippen molar-refractivity contribution < 1.29 is 4.68 Å². The van der Waals surface area contributed by atoms with Gasteiger partial charge in [-0.3, -0.25) is 0 Å². The van der Waals surface area contributed by atoms with Crippen molar-refractivity contribution in [2.45, 2.75) is 6.92 Å². The Labute approximate surface area is 129 Å². The summed E-state index contributed by atoms with van der Waals surface area (Å²) in [5.41, 5.74) is 3.75. The zero-order valence-corrected chi connectivity index (χ0v) is 13.7. The van der Waals surface area contributed by atoms with Gasteiger partial charge in [-0.15, -0.1) is 0 Å². The van der Waals surface area contributed by atoms with E-state index in [9.17, 15) is 0 Å². The molecule has 0 aliphatic heterocycles. The normalized spacial score (nSPS) is 11.3. The molecule has 2 aromatic carbocycles. The summed E-state index contributed by atoms with van der Waals surface area (Å²) in [5.74, 6) is 0. The van der Waals surface area contributed by atoms with Crippen LogP contribution in [0.2, 0.25) is 0 Å². The van der Waals surface area contributed by atoms with Gasteiger partial charge in [0.25, 0.3) is 0 Å². The van der Waals surface area contributed by atoms with E-state index in [1.807, 2.05) is 17.9 Å². The van der Waals surface area contributed by atoms with Crippen molar-refractivity contribution in [2.75, 3.05) is 0 Å². The SMILES string of the molecule is Cc1ccccc1-c1c2ccc3cc[se]c3c2cn[n+]1C. The van der Waals surface area contributed by atoms with E-state index in [1.165, 1.54) is 37.2 Å². The van der Waals surface area contributed by atoms with Gasteiger partial charge in [0, 0.05) is 0 Å². The summed E-state index contributed by atoms with van der Waals surface area (Å²) in [6.07, 6.45) is 2.02. The standard InChI is InChI=1S/C18H15N2Se/c1-12-5-3-4-6-14(12)17-15-8-7-13-9-10-21-18(13)16(15)11-19-20(17)2/h3-11H,1-2H3/q+1. The fourth-order valence-corrected chi connectivity index (χ4v) is 4.84. The predicted octanol–water partition coefficient (Wildman–Crippen LogP) is 3.24. The van der Waals surface area contributed by atoms with Gasteiger partial charge in [-0.1, -0.05) is 0 Å². The first-order valence-corrected chi connectivity index (χ1v) is 8.81. The average Bonchev–Trinajstić information content (AvgIpc) is 2.97. The molecule has 0 amide bonds. The van der Waals surface area contributed by atoms with E-state index in [2.05, 4.69) is 59.4 Å². The van der Waals surface area contributed by atoms with E-state index in [0.29, 0.717) is 14.5 Å². The quantitative estimate of drug-likeness (QED) is 0.385. The van der Waals surface area contributed by atoms with Gasteiger partial charge >= 0.3 is 129 Å². The second-order valence-electron chi connectivity index (χ2n) is 5.30. The number of aryl methyl sites for hydroxylation is 2. The molecule has 2 heterocycles.